The molecule has 4 nitrogen and oxygen atoms in total. The van der Waals surface area contributed by atoms with Crippen molar-refractivity contribution in [3.8, 4) is 0 Å². The van der Waals surface area contributed by atoms with Gasteiger partial charge >= 0.3 is 0 Å². The van der Waals surface area contributed by atoms with Gasteiger partial charge in [-0.25, -0.2) is 4.98 Å². The van der Waals surface area contributed by atoms with Crippen LogP contribution in [-0.2, 0) is 6.61 Å². The summed E-state index contributed by atoms with van der Waals surface area (Å²) in [4.78, 5) is 6.31. The Hall–Kier alpha value is -1.65. The van der Waals surface area contributed by atoms with E-state index >= 15 is 0 Å². The van der Waals surface area contributed by atoms with Crippen LogP contribution in [-0.4, -0.2) is 34.9 Å². The highest BCUT2D eigenvalue weighted by molar-refractivity contribution is 5.94. The molecular weight excluding hydrogens is 228 g/mol. The molecule has 18 heavy (non-hydrogen) atoms. The Kier molecular flexibility index (Phi) is 3.79. The fraction of sp³-hybridized carbons (Fsp3) is 0.357. The summed E-state index contributed by atoms with van der Waals surface area (Å²) in [5.41, 5.74) is 0.819. The van der Waals surface area contributed by atoms with Gasteiger partial charge in [-0.3, -0.25) is 0 Å². The molecule has 0 radical (unpaired) electrons. The number of anilines is 1. The number of aliphatic hydroxyl groups is 2. The number of rotatable bonds is 4. The number of pyridine rings is 1. The first-order valence-electron chi connectivity index (χ1n) is 6.00. The second-order valence-corrected chi connectivity index (χ2v) is 4.54. The maximum Gasteiger partial charge on any atom is 0.136 e. The molecule has 0 aliphatic heterocycles. The lowest BCUT2D eigenvalue weighted by atomic mass is 10.1. The van der Waals surface area contributed by atoms with Gasteiger partial charge in [0.05, 0.1) is 12.7 Å². The fourth-order valence-electron chi connectivity index (χ4n) is 2.15. The maximum absolute atomic E-state index is 9.45. The van der Waals surface area contributed by atoms with E-state index in [0.29, 0.717) is 6.54 Å². The Morgan fingerprint density at radius 1 is 1.28 bits per heavy atom. The molecule has 0 bridgehead atoms. The van der Waals surface area contributed by atoms with Crippen LogP contribution in [0.25, 0.3) is 10.8 Å². The number of aromatic nitrogens is 1. The number of hydrogen-bond donors (Lipinski definition) is 2. The summed E-state index contributed by atoms with van der Waals surface area (Å²) >= 11 is 0. The molecule has 0 aliphatic carbocycles. The molecule has 0 saturated heterocycles. The van der Waals surface area contributed by atoms with Gasteiger partial charge < -0.3 is 15.1 Å². The standard InChI is InChI=1S/C14H18N2O2/c1-10(18)8-16(2)14-13-6-4-3-5-12(13)11(9-17)7-15-14/h3-7,10,17-18H,8-9H2,1-2H3. The highest BCUT2D eigenvalue weighted by Gasteiger charge is 2.11. The summed E-state index contributed by atoms with van der Waals surface area (Å²) in [7, 11) is 1.90. The lowest BCUT2D eigenvalue weighted by molar-refractivity contribution is 0.201. The van der Waals surface area contributed by atoms with E-state index in [2.05, 4.69) is 4.98 Å². The van der Waals surface area contributed by atoms with Crippen LogP contribution >= 0.6 is 0 Å². The number of nitrogens with zero attached hydrogens (tertiary/aromatic N) is 2. The van der Waals surface area contributed by atoms with E-state index in [1.165, 1.54) is 0 Å². The number of aliphatic hydroxyl groups excluding tert-OH is 2. The zero-order valence-electron chi connectivity index (χ0n) is 10.7. The Bertz CT molecular complexity index is 540. The monoisotopic (exact) mass is 246 g/mol. The van der Waals surface area contributed by atoms with Crippen LogP contribution in [0.15, 0.2) is 30.5 Å². The zero-order valence-corrected chi connectivity index (χ0v) is 10.7. The van der Waals surface area contributed by atoms with Gasteiger partial charge in [0, 0.05) is 30.7 Å². The largest absolute Gasteiger partial charge is 0.392 e. The molecule has 1 atom stereocenters. The van der Waals surface area contributed by atoms with Crippen molar-refractivity contribution in [2.45, 2.75) is 19.6 Å². The number of benzene rings is 1. The predicted molar refractivity (Wildman–Crippen MR) is 72.6 cm³/mol. The minimum Gasteiger partial charge on any atom is -0.392 e. The van der Waals surface area contributed by atoms with Crippen LogP contribution < -0.4 is 4.90 Å². The van der Waals surface area contributed by atoms with Crippen LogP contribution in [0.4, 0.5) is 5.82 Å². The average Bonchev–Trinajstić information content (AvgIpc) is 2.36. The van der Waals surface area contributed by atoms with E-state index in [1.807, 2.05) is 36.2 Å². The van der Waals surface area contributed by atoms with Gasteiger partial charge in [0.15, 0.2) is 0 Å². The molecule has 0 saturated carbocycles. The third-order valence-electron chi connectivity index (χ3n) is 2.93. The van der Waals surface area contributed by atoms with Gasteiger partial charge in [0.25, 0.3) is 0 Å². The van der Waals surface area contributed by atoms with E-state index in [-0.39, 0.29) is 6.61 Å². The number of fused-ring (bicyclic) bond motifs is 1. The van der Waals surface area contributed by atoms with Crippen molar-refractivity contribution in [3.63, 3.8) is 0 Å². The summed E-state index contributed by atoms with van der Waals surface area (Å²) in [6.07, 6.45) is 1.28. The first kappa shape index (κ1) is 12.8. The van der Waals surface area contributed by atoms with Gasteiger partial charge in [0.1, 0.15) is 5.82 Å². The molecule has 2 N–H and O–H groups in total. The molecule has 0 spiro atoms. The van der Waals surface area contributed by atoms with Crippen molar-refractivity contribution in [2.75, 3.05) is 18.5 Å². The van der Waals surface area contributed by atoms with Gasteiger partial charge in [-0.05, 0) is 12.3 Å². The van der Waals surface area contributed by atoms with E-state index in [1.54, 1.807) is 13.1 Å². The van der Waals surface area contributed by atoms with E-state index in [4.69, 9.17) is 0 Å². The van der Waals surface area contributed by atoms with Crippen LogP contribution in [0.5, 0.6) is 0 Å². The maximum atomic E-state index is 9.45. The molecule has 1 unspecified atom stereocenters. The summed E-state index contributed by atoms with van der Waals surface area (Å²) in [6, 6.07) is 7.85. The highest BCUT2D eigenvalue weighted by atomic mass is 16.3. The van der Waals surface area contributed by atoms with Gasteiger partial charge in [-0.15, -0.1) is 0 Å². The molecule has 0 amide bonds. The summed E-state index contributed by atoms with van der Waals surface area (Å²) in [6.45, 7) is 2.25. The molecule has 2 aromatic rings. The Balaban J connectivity index is 2.52. The number of likely N-dealkylation sites (N-methyl/N-ethyl adjacent to an activating group) is 1. The van der Waals surface area contributed by atoms with E-state index < -0.39 is 6.10 Å². The molecule has 1 aromatic heterocycles. The third-order valence-corrected chi connectivity index (χ3v) is 2.93. The second-order valence-electron chi connectivity index (χ2n) is 4.54. The average molecular weight is 246 g/mol. The molecule has 1 aromatic carbocycles. The quantitative estimate of drug-likeness (QED) is 0.859. The van der Waals surface area contributed by atoms with Crippen LogP contribution in [0.1, 0.15) is 12.5 Å². The Morgan fingerprint density at radius 3 is 2.56 bits per heavy atom. The van der Waals surface area contributed by atoms with Gasteiger partial charge in [-0.2, -0.15) is 0 Å². The normalized spacial score (nSPS) is 12.7. The smallest absolute Gasteiger partial charge is 0.136 e. The molecule has 4 heteroatoms. The van der Waals surface area contributed by atoms with E-state index in [0.717, 1.165) is 22.2 Å². The molecule has 2 rings (SSSR count). The van der Waals surface area contributed by atoms with Crippen molar-refractivity contribution in [1.82, 2.24) is 4.98 Å². The van der Waals surface area contributed by atoms with Crippen LogP contribution in [0.3, 0.4) is 0 Å². The van der Waals surface area contributed by atoms with Crippen molar-refractivity contribution < 1.29 is 10.2 Å². The van der Waals surface area contributed by atoms with Crippen molar-refractivity contribution in [1.29, 1.82) is 0 Å². The van der Waals surface area contributed by atoms with Crippen molar-refractivity contribution in [3.05, 3.63) is 36.0 Å². The minimum absolute atomic E-state index is 0.0199. The SMILES string of the molecule is CC(O)CN(C)c1ncc(CO)c2ccccc12. The molecule has 0 aliphatic rings. The minimum atomic E-state index is -0.409. The Morgan fingerprint density at radius 2 is 1.94 bits per heavy atom. The fourth-order valence-corrected chi connectivity index (χ4v) is 2.15. The first-order valence-corrected chi connectivity index (χ1v) is 6.00. The van der Waals surface area contributed by atoms with Gasteiger partial charge in [-0.1, -0.05) is 24.3 Å². The number of hydrogen-bond acceptors (Lipinski definition) is 4. The topological polar surface area (TPSA) is 56.6 Å². The van der Waals surface area contributed by atoms with Crippen molar-refractivity contribution in [2.24, 2.45) is 0 Å². The lowest BCUT2D eigenvalue weighted by Gasteiger charge is -2.22. The third kappa shape index (κ3) is 2.44. The zero-order chi connectivity index (χ0) is 13.1. The first-order chi connectivity index (χ1) is 8.63. The molecule has 96 valence electrons. The van der Waals surface area contributed by atoms with Gasteiger partial charge in [0.2, 0.25) is 0 Å². The van der Waals surface area contributed by atoms with Crippen LogP contribution in [0.2, 0.25) is 0 Å². The highest BCUT2D eigenvalue weighted by Crippen LogP contribution is 2.26. The summed E-state index contributed by atoms with van der Waals surface area (Å²) in [5, 5.41) is 20.8. The molecular formula is C14H18N2O2. The van der Waals surface area contributed by atoms with Crippen LogP contribution in [0, 0.1) is 0 Å². The Labute approximate surface area is 107 Å². The summed E-state index contributed by atoms with van der Waals surface area (Å²) < 4.78 is 0. The molecule has 1 heterocycles. The lowest BCUT2D eigenvalue weighted by Crippen LogP contribution is -2.27. The predicted octanol–water partition coefficient (Wildman–Crippen LogP) is 1.54. The molecule has 0 fully saturated rings. The summed E-state index contributed by atoms with van der Waals surface area (Å²) in [5.74, 6) is 0.823. The van der Waals surface area contributed by atoms with E-state index in [9.17, 15) is 10.2 Å². The second kappa shape index (κ2) is 5.33. The van der Waals surface area contributed by atoms with Crippen molar-refractivity contribution >= 4 is 16.6 Å².